The third-order valence-electron chi connectivity index (χ3n) is 4.52. The molecule has 6 N–H and O–H groups in total. The minimum absolute atomic E-state index is 0.0876. The standard InChI is InChI=1S/C24H26Br2N6O2S2/c25-17-7-3-5-15(11-17)13-21(33)31-23(29)35-19(27)9-1-2-10-20(28)36-24(30)32-22(34)14-16-6-4-8-18(26)12-16/h3-8,11-12,27-28H,1-2,9-10,13-14H2,(H2,29,31,33)(H2,30,32,34). The molecule has 0 unspecified atom stereocenters. The zero-order valence-corrected chi connectivity index (χ0v) is 24.1. The quantitative estimate of drug-likeness (QED) is 0.110. The van der Waals surface area contributed by atoms with Gasteiger partial charge in [-0.1, -0.05) is 56.1 Å². The minimum Gasteiger partial charge on any atom is -0.305 e. The maximum atomic E-state index is 12.1. The summed E-state index contributed by atoms with van der Waals surface area (Å²) >= 11 is 8.52. The number of carbonyl (C=O) groups excluding carboxylic acids is 2. The summed E-state index contributed by atoms with van der Waals surface area (Å²) < 4.78 is 1.76. The third kappa shape index (κ3) is 12.6. The smallest absolute Gasteiger partial charge is 0.230 e. The summed E-state index contributed by atoms with van der Waals surface area (Å²) in [5, 5.41) is 37.2. The van der Waals surface area contributed by atoms with Crippen molar-refractivity contribution in [1.29, 1.82) is 21.6 Å². The lowest BCUT2D eigenvalue weighted by Gasteiger charge is -2.09. The summed E-state index contributed by atoms with van der Waals surface area (Å²) in [5.41, 5.74) is 1.65. The van der Waals surface area contributed by atoms with Crippen LogP contribution in [0.15, 0.2) is 57.5 Å². The van der Waals surface area contributed by atoms with Crippen LogP contribution in [0.25, 0.3) is 0 Å². The lowest BCUT2D eigenvalue weighted by atomic mass is 10.1. The molecule has 12 heteroatoms. The number of rotatable bonds is 9. The SMILES string of the molecule is N=C(CCCCC(=N)SC(=N)NC(=O)Cc1cccc(Br)c1)SC(=N)NC(=O)Cc1cccc(Br)c1. The lowest BCUT2D eigenvalue weighted by molar-refractivity contribution is -0.119. The molecule has 0 atom stereocenters. The van der Waals surface area contributed by atoms with Crippen molar-refractivity contribution < 1.29 is 9.59 Å². The fraction of sp³-hybridized carbons (Fsp3) is 0.250. The van der Waals surface area contributed by atoms with Gasteiger partial charge in [0.15, 0.2) is 10.3 Å². The first-order chi connectivity index (χ1) is 17.1. The topological polar surface area (TPSA) is 154 Å². The highest BCUT2D eigenvalue weighted by Crippen LogP contribution is 2.16. The van der Waals surface area contributed by atoms with Crippen LogP contribution >= 0.6 is 55.4 Å². The second-order valence-corrected chi connectivity index (χ2v) is 11.7. The van der Waals surface area contributed by atoms with E-state index in [1.807, 2.05) is 48.5 Å². The molecule has 0 radical (unpaired) electrons. The van der Waals surface area contributed by atoms with Gasteiger partial charge in [-0.25, -0.2) is 0 Å². The van der Waals surface area contributed by atoms with E-state index in [0.29, 0.717) is 25.7 Å². The van der Waals surface area contributed by atoms with Gasteiger partial charge in [-0.05, 0) is 84.6 Å². The van der Waals surface area contributed by atoms with Crippen LogP contribution in [0.2, 0.25) is 0 Å². The average Bonchev–Trinajstić information content (AvgIpc) is 2.76. The van der Waals surface area contributed by atoms with E-state index in [1.54, 1.807) is 0 Å². The summed E-state index contributed by atoms with van der Waals surface area (Å²) in [4.78, 5) is 24.2. The summed E-state index contributed by atoms with van der Waals surface area (Å²) in [6.45, 7) is 0. The molecular weight excluding hydrogens is 628 g/mol. The van der Waals surface area contributed by atoms with E-state index in [1.165, 1.54) is 0 Å². The molecule has 2 rings (SSSR count). The predicted octanol–water partition coefficient (Wildman–Crippen LogP) is 6.08. The number of halogens is 2. The van der Waals surface area contributed by atoms with Crippen LogP contribution < -0.4 is 10.6 Å². The number of nitrogens with one attached hydrogen (secondary N) is 6. The molecule has 0 aliphatic rings. The van der Waals surface area contributed by atoms with Crippen molar-refractivity contribution in [1.82, 2.24) is 10.6 Å². The van der Waals surface area contributed by atoms with E-state index < -0.39 is 0 Å². The molecule has 0 aliphatic heterocycles. The summed E-state index contributed by atoms with van der Waals surface area (Å²) in [6, 6.07) is 14.8. The minimum atomic E-state index is -0.310. The van der Waals surface area contributed by atoms with E-state index in [4.69, 9.17) is 21.6 Å². The third-order valence-corrected chi connectivity index (χ3v) is 7.02. The van der Waals surface area contributed by atoms with E-state index in [9.17, 15) is 9.59 Å². The highest BCUT2D eigenvalue weighted by molar-refractivity contribution is 9.10. The number of carbonyl (C=O) groups is 2. The van der Waals surface area contributed by atoms with Gasteiger partial charge >= 0.3 is 0 Å². The number of hydrogen-bond donors (Lipinski definition) is 6. The van der Waals surface area contributed by atoms with E-state index >= 15 is 0 Å². The van der Waals surface area contributed by atoms with Crippen molar-refractivity contribution in [3.05, 3.63) is 68.6 Å². The van der Waals surface area contributed by atoms with Crippen molar-refractivity contribution in [2.45, 2.75) is 38.5 Å². The Bertz CT molecular complexity index is 1070. The van der Waals surface area contributed by atoms with Gasteiger partial charge in [0.1, 0.15) is 0 Å². The van der Waals surface area contributed by atoms with Crippen molar-refractivity contribution in [3.63, 3.8) is 0 Å². The fourth-order valence-electron chi connectivity index (χ4n) is 2.98. The van der Waals surface area contributed by atoms with E-state index in [-0.39, 0.29) is 45.1 Å². The molecule has 36 heavy (non-hydrogen) atoms. The Morgan fingerprint density at radius 2 is 1.08 bits per heavy atom. The summed E-state index contributed by atoms with van der Waals surface area (Å²) in [6.07, 6.45) is 2.41. The second-order valence-electron chi connectivity index (χ2n) is 7.63. The Morgan fingerprint density at radius 1 is 0.694 bits per heavy atom. The zero-order valence-electron chi connectivity index (χ0n) is 19.3. The van der Waals surface area contributed by atoms with Crippen molar-refractivity contribution >= 4 is 87.6 Å². The van der Waals surface area contributed by atoms with Crippen molar-refractivity contribution in [2.75, 3.05) is 0 Å². The Labute approximate surface area is 235 Å². The molecule has 190 valence electrons. The van der Waals surface area contributed by atoms with Crippen LogP contribution in [-0.4, -0.2) is 32.2 Å². The van der Waals surface area contributed by atoms with Crippen LogP contribution in [-0.2, 0) is 22.4 Å². The summed E-state index contributed by atoms with van der Waals surface area (Å²) in [7, 11) is 0. The van der Waals surface area contributed by atoms with Crippen LogP contribution in [0.5, 0.6) is 0 Å². The Morgan fingerprint density at radius 3 is 1.44 bits per heavy atom. The van der Waals surface area contributed by atoms with Crippen LogP contribution in [0.4, 0.5) is 0 Å². The number of benzene rings is 2. The molecule has 0 aromatic heterocycles. The molecule has 0 spiro atoms. The molecule has 2 amide bonds. The van der Waals surface area contributed by atoms with Gasteiger partial charge in [0.25, 0.3) is 0 Å². The lowest BCUT2D eigenvalue weighted by Crippen LogP contribution is -2.29. The van der Waals surface area contributed by atoms with E-state index in [2.05, 4.69) is 42.5 Å². The molecule has 0 bridgehead atoms. The van der Waals surface area contributed by atoms with Gasteiger partial charge in [-0.3, -0.25) is 31.2 Å². The number of amidine groups is 2. The van der Waals surface area contributed by atoms with Crippen LogP contribution in [0.1, 0.15) is 36.8 Å². The largest absolute Gasteiger partial charge is 0.305 e. The van der Waals surface area contributed by atoms with E-state index in [0.717, 1.165) is 43.6 Å². The highest BCUT2D eigenvalue weighted by Gasteiger charge is 2.11. The first-order valence-electron chi connectivity index (χ1n) is 10.9. The second kappa shape index (κ2) is 15.7. The molecule has 2 aromatic rings. The molecule has 0 fully saturated rings. The van der Waals surface area contributed by atoms with Crippen molar-refractivity contribution in [2.24, 2.45) is 0 Å². The predicted molar refractivity (Wildman–Crippen MR) is 157 cm³/mol. The number of amides is 2. The van der Waals surface area contributed by atoms with Crippen LogP contribution in [0, 0.1) is 21.6 Å². The normalized spacial score (nSPS) is 10.4. The van der Waals surface area contributed by atoms with Gasteiger partial charge in [0.05, 0.1) is 22.9 Å². The molecule has 8 nitrogen and oxygen atoms in total. The zero-order chi connectivity index (χ0) is 26.5. The first kappa shape index (κ1) is 29.9. The fourth-order valence-corrected chi connectivity index (χ4v) is 5.19. The first-order valence-corrected chi connectivity index (χ1v) is 14.1. The maximum Gasteiger partial charge on any atom is 0.230 e. The molecular formula is C24H26Br2N6O2S2. The number of thioether (sulfide) groups is 2. The summed E-state index contributed by atoms with van der Waals surface area (Å²) in [5.74, 6) is -0.620. The number of hydrogen-bond acceptors (Lipinski definition) is 8. The number of unbranched alkanes of at least 4 members (excludes halogenated alkanes) is 1. The molecule has 0 aliphatic carbocycles. The molecule has 0 saturated heterocycles. The van der Waals surface area contributed by atoms with Gasteiger partial charge in [-0.2, -0.15) is 0 Å². The average molecular weight is 654 g/mol. The van der Waals surface area contributed by atoms with Gasteiger partial charge < -0.3 is 10.6 Å². The molecule has 2 aromatic carbocycles. The monoisotopic (exact) mass is 652 g/mol. The van der Waals surface area contributed by atoms with Crippen LogP contribution in [0.3, 0.4) is 0 Å². The van der Waals surface area contributed by atoms with Crippen molar-refractivity contribution in [3.8, 4) is 0 Å². The van der Waals surface area contributed by atoms with Gasteiger partial charge in [0.2, 0.25) is 11.8 Å². The Hall–Kier alpha value is -2.28. The Kier molecular flexibility index (Phi) is 13.1. The van der Waals surface area contributed by atoms with Gasteiger partial charge in [-0.15, -0.1) is 0 Å². The Balaban J connectivity index is 1.58. The molecule has 0 heterocycles. The highest BCUT2D eigenvalue weighted by atomic mass is 79.9. The van der Waals surface area contributed by atoms with Gasteiger partial charge in [0, 0.05) is 8.95 Å². The molecule has 0 saturated carbocycles. The maximum absolute atomic E-state index is 12.1.